The second kappa shape index (κ2) is 3.24. The Balaban J connectivity index is 1.98. The number of nitrogens with two attached hydrogens (primary N) is 1. The number of nitrogens with zero attached hydrogens (tertiary/aromatic N) is 3. The lowest BCUT2D eigenvalue weighted by Gasteiger charge is -2.44. The molecule has 1 aliphatic heterocycles. The van der Waals surface area contributed by atoms with Gasteiger partial charge in [0.15, 0.2) is 0 Å². The van der Waals surface area contributed by atoms with E-state index >= 15 is 0 Å². The molecule has 0 spiro atoms. The molecule has 5 heteroatoms. The molecule has 0 atom stereocenters. The Bertz CT molecular complexity index is 312. The molecule has 1 fully saturated rings. The zero-order chi connectivity index (χ0) is 10.2. The molecule has 2 rings (SSSR count). The molecule has 0 aromatic carbocycles. The zero-order valence-corrected chi connectivity index (χ0v) is 8.66. The molecule has 0 bridgehead atoms. The van der Waals surface area contributed by atoms with E-state index in [1.165, 1.54) is 0 Å². The van der Waals surface area contributed by atoms with Crippen LogP contribution in [0.1, 0.15) is 19.7 Å². The third-order valence-corrected chi connectivity index (χ3v) is 2.32. The topological polar surface area (TPSA) is 68.2 Å². The summed E-state index contributed by atoms with van der Waals surface area (Å²) in [6, 6.07) is 0.632. The van der Waals surface area contributed by atoms with Crippen LogP contribution in [0.2, 0.25) is 0 Å². The Morgan fingerprint density at radius 1 is 1.43 bits per heavy atom. The van der Waals surface area contributed by atoms with Crippen molar-refractivity contribution in [2.45, 2.75) is 20.3 Å². The molecule has 5 nitrogen and oxygen atoms in total. The fourth-order valence-electron chi connectivity index (χ4n) is 1.72. The lowest BCUT2D eigenvalue weighted by molar-refractivity contribution is 0.259. The van der Waals surface area contributed by atoms with Gasteiger partial charge in [-0.05, 0) is 0 Å². The highest BCUT2D eigenvalue weighted by atomic mass is 16.4. The Morgan fingerprint density at radius 2 is 2.14 bits per heavy atom. The Morgan fingerprint density at radius 3 is 2.71 bits per heavy atom. The molecule has 0 radical (unpaired) electrons. The highest BCUT2D eigenvalue weighted by Gasteiger charge is 2.36. The van der Waals surface area contributed by atoms with Gasteiger partial charge in [-0.25, -0.2) is 0 Å². The number of rotatable bonds is 3. The maximum Gasteiger partial charge on any atom is 0.318 e. The van der Waals surface area contributed by atoms with E-state index in [-0.39, 0.29) is 0 Å². The van der Waals surface area contributed by atoms with Gasteiger partial charge in [-0.15, -0.1) is 5.10 Å². The summed E-state index contributed by atoms with van der Waals surface area (Å²) in [5, 5.41) is 7.89. The lowest BCUT2D eigenvalue weighted by Crippen LogP contribution is -2.53. The van der Waals surface area contributed by atoms with Crippen LogP contribution in [-0.4, -0.2) is 29.8 Å². The van der Waals surface area contributed by atoms with Crippen LogP contribution in [-0.2, 0) is 6.42 Å². The van der Waals surface area contributed by atoms with Crippen molar-refractivity contribution in [2.75, 3.05) is 24.5 Å². The maximum absolute atomic E-state index is 5.44. The Kier molecular flexibility index (Phi) is 2.19. The van der Waals surface area contributed by atoms with Crippen molar-refractivity contribution in [3.63, 3.8) is 0 Å². The van der Waals surface area contributed by atoms with Crippen molar-refractivity contribution in [2.24, 2.45) is 11.1 Å². The van der Waals surface area contributed by atoms with E-state index in [1.807, 2.05) is 0 Å². The first-order chi connectivity index (χ1) is 6.61. The summed E-state index contributed by atoms with van der Waals surface area (Å²) < 4.78 is 5.44. The summed E-state index contributed by atoms with van der Waals surface area (Å²) in [7, 11) is 0. The van der Waals surface area contributed by atoms with Crippen LogP contribution in [0.25, 0.3) is 0 Å². The molecule has 0 aliphatic carbocycles. The van der Waals surface area contributed by atoms with Crippen LogP contribution < -0.4 is 10.6 Å². The van der Waals surface area contributed by atoms with Crippen LogP contribution >= 0.6 is 0 Å². The molecule has 0 saturated carbocycles. The Labute approximate surface area is 83.3 Å². The quantitative estimate of drug-likeness (QED) is 0.758. The van der Waals surface area contributed by atoms with Gasteiger partial charge >= 0.3 is 6.01 Å². The first kappa shape index (κ1) is 9.45. The molecule has 1 aliphatic rings. The molecular formula is C9H16N4O. The molecule has 1 saturated heterocycles. The normalized spacial score (nSPS) is 19.5. The number of anilines is 1. The van der Waals surface area contributed by atoms with E-state index in [0.717, 1.165) is 13.1 Å². The van der Waals surface area contributed by atoms with E-state index in [4.69, 9.17) is 10.2 Å². The minimum Gasteiger partial charge on any atom is -0.408 e. The lowest BCUT2D eigenvalue weighted by atomic mass is 9.85. The summed E-state index contributed by atoms with van der Waals surface area (Å²) in [4.78, 5) is 2.09. The predicted octanol–water partition coefficient (Wildman–Crippen LogP) is 0.417. The average molecular weight is 196 g/mol. The summed E-state index contributed by atoms with van der Waals surface area (Å²) in [5.74, 6) is 0.632. The molecule has 1 aromatic rings. The minimum absolute atomic E-state index is 0.377. The molecular weight excluding hydrogens is 180 g/mol. The van der Waals surface area contributed by atoms with E-state index < -0.39 is 0 Å². The second-order valence-corrected chi connectivity index (χ2v) is 4.54. The summed E-state index contributed by atoms with van der Waals surface area (Å²) in [6.45, 7) is 6.96. The number of hydrogen-bond acceptors (Lipinski definition) is 5. The number of aromatic nitrogens is 2. The molecule has 14 heavy (non-hydrogen) atoms. The zero-order valence-electron chi connectivity index (χ0n) is 8.66. The summed E-state index contributed by atoms with van der Waals surface area (Å²) >= 11 is 0. The molecule has 0 amide bonds. The van der Waals surface area contributed by atoms with Crippen molar-refractivity contribution in [3.05, 3.63) is 5.89 Å². The van der Waals surface area contributed by atoms with Crippen molar-refractivity contribution in [1.29, 1.82) is 0 Å². The van der Waals surface area contributed by atoms with Crippen LogP contribution in [0.3, 0.4) is 0 Å². The largest absolute Gasteiger partial charge is 0.408 e. The third-order valence-electron chi connectivity index (χ3n) is 2.32. The van der Waals surface area contributed by atoms with E-state index in [0.29, 0.717) is 30.3 Å². The van der Waals surface area contributed by atoms with Gasteiger partial charge in [0.05, 0.1) is 0 Å². The SMILES string of the molecule is CC1(C)CN(c2nnc(CCN)o2)C1. The van der Waals surface area contributed by atoms with Crippen molar-refractivity contribution < 1.29 is 4.42 Å². The molecule has 1 aromatic heterocycles. The standard InChI is InChI=1S/C9H16N4O/c1-9(2)5-13(6-9)8-12-11-7(14-8)3-4-10/h3-6,10H2,1-2H3. The first-order valence-corrected chi connectivity index (χ1v) is 4.88. The van der Waals surface area contributed by atoms with Crippen LogP contribution in [0.4, 0.5) is 6.01 Å². The van der Waals surface area contributed by atoms with Crippen molar-refractivity contribution >= 4 is 6.01 Å². The van der Waals surface area contributed by atoms with E-state index in [1.54, 1.807) is 0 Å². The van der Waals surface area contributed by atoms with Gasteiger partial charge in [0.1, 0.15) is 0 Å². The molecule has 0 unspecified atom stereocenters. The third kappa shape index (κ3) is 1.72. The van der Waals surface area contributed by atoms with Gasteiger partial charge in [0.25, 0.3) is 0 Å². The minimum atomic E-state index is 0.377. The predicted molar refractivity (Wildman–Crippen MR) is 53.1 cm³/mol. The van der Waals surface area contributed by atoms with Crippen LogP contribution in [0.5, 0.6) is 0 Å². The Hall–Kier alpha value is -1.10. The van der Waals surface area contributed by atoms with Crippen molar-refractivity contribution in [1.82, 2.24) is 10.2 Å². The van der Waals surface area contributed by atoms with Gasteiger partial charge in [0, 0.05) is 31.5 Å². The molecule has 78 valence electrons. The molecule has 2 N–H and O–H groups in total. The fraction of sp³-hybridized carbons (Fsp3) is 0.778. The van der Waals surface area contributed by atoms with Gasteiger partial charge in [-0.1, -0.05) is 18.9 Å². The van der Waals surface area contributed by atoms with E-state index in [2.05, 4.69) is 28.9 Å². The number of hydrogen-bond donors (Lipinski definition) is 1. The maximum atomic E-state index is 5.44. The molecule has 2 heterocycles. The monoisotopic (exact) mass is 196 g/mol. The van der Waals surface area contributed by atoms with Crippen molar-refractivity contribution in [3.8, 4) is 0 Å². The highest BCUT2D eigenvalue weighted by molar-refractivity contribution is 5.31. The fourth-order valence-corrected chi connectivity index (χ4v) is 1.72. The van der Waals surface area contributed by atoms with E-state index in [9.17, 15) is 0 Å². The van der Waals surface area contributed by atoms with Crippen LogP contribution in [0.15, 0.2) is 4.42 Å². The summed E-state index contributed by atoms with van der Waals surface area (Å²) in [6.07, 6.45) is 0.657. The highest BCUT2D eigenvalue weighted by Crippen LogP contribution is 2.32. The average Bonchev–Trinajstić information content (AvgIpc) is 2.49. The van der Waals surface area contributed by atoms with Crippen LogP contribution in [0, 0.1) is 5.41 Å². The van der Waals surface area contributed by atoms with Gasteiger partial charge < -0.3 is 15.1 Å². The van der Waals surface area contributed by atoms with Gasteiger partial charge in [-0.3, -0.25) is 0 Å². The summed E-state index contributed by atoms with van der Waals surface area (Å²) in [5.41, 5.74) is 5.77. The van der Waals surface area contributed by atoms with Gasteiger partial charge in [0.2, 0.25) is 5.89 Å². The smallest absolute Gasteiger partial charge is 0.318 e. The van der Waals surface area contributed by atoms with Gasteiger partial charge in [-0.2, -0.15) is 0 Å². The first-order valence-electron chi connectivity index (χ1n) is 4.88. The second-order valence-electron chi connectivity index (χ2n) is 4.54.